The zero-order valence-electron chi connectivity index (χ0n) is 23.2. The lowest BCUT2D eigenvalue weighted by Crippen LogP contribution is -2.45. The maximum atomic E-state index is 14.2. The molecule has 0 atom stereocenters. The summed E-state index contributed by atoms with van der Waals surface area (Å²) >= 11 is 0. The number of aliphatic imine (C=N–C) groups is 1. The third-order valence-electron chi connectivity index (χ3n) is 8.36. The summed E-state index contributed by atoms with van der Waals surface area (Å²) in [5.41, 5.74) is 2.79. The molecule has 0 aliphatic carbocycles. The van der Waals surface area contributed by atoms with Crippen LogP contribution in [0.4, 0.5) is 8.78 Å². The van der Waals surface area contributed by atoms with Crippen LogP contribution < -0.4 is 0 Å². The van der Waals surface area contributed by atoms with Gasteiger partial charge in [0.15, 0.2) is 5.54 Å². The summed E-state index contributed by atoms with van der Waals surface area (Å²) in [5.74, 6) is 0.764. The van der Waals surface area contributed by atoms with Gasteiger partial charge in [-0.3, -0.25) is 14.6 Å². The maximum absolute atomic E-state index is 14.2. The molecule has 41 heavy (non-hydrogen) atoms. The Bertz CT molecular complexity index is 1510. The van der Waals surface area contributed by atoms with Crippen molar-refractivity contribution in [2.75, 3.05) is 19.6 Å². The van der Waals surface area contributed by atoms with Crippen molar-refractivity contribution < 1.29 is 18.1 Å². The highest BCUT2D eigenvalue weighted by molar-refractivity contribution is 6.09. The van der Waals surface area contributed by atoms with Crippen molar-refractivity contribution >= 4 is 11.7 Å². The highest BCUT2D eigenvalue weighted by Gasteiger charge is 2.50. The van der Waals surface area contributed by atoms with Gasteiger partial charge in [-0.05, 0) is 81.1 Å². The molecule has 0 spiro atoms. The molecule has 1 fully saturated rings. The van der Waals surface area contributed by atoms with Gasteiger partial charge < -0.3 is 4.52 Å². The SMILES string of the molecule is CC1=NC(c2ccc(F)cc2)(c2ccc(F)cc2)C(=O)N1CC1CCN(Cc2c(-c3ccccc3)noc2C)CC1. The number of amidine groups is 1. The molecule has 0 unspecified atom stereocenters. The Kier molecular flexibility index (Phi) is 7.26. The molecule has 8 heteroatoms. The fraction of sp³-hybridized carbons (Fsp3) is 0.303. The van der Waals surface area contributed by atoms with Crippen LogP contribution in [0.1, 0.15) is 42.2 Å². The number of aromatic nitrogens is 1. The predicted molar refractivity (Wildman–Crippen MR) is 153 cm³/mol. The molecule has 0 radical (unpaired) electrons. The molecule has 210 valence electrons. The first-order valence-corrected chi connectivity index (χ1v) is 14.0. The van der Waals surface area contributed by atoms with E-state index in [1.165, 1.54) is 24.3 Å². The van der Waals surface area contributed by atoms with Crippen LogP contribution in [0, 0.1) is 24.5 Å². The summed E-state index contributed by atoms with van der Waals surface area (Å²) in [6.07, 6.45) is 1.87. The standard InChI is InChI=1S/C33H32F2N4O2/c1-22-30(31(37-41-22)25-6-4-3-5-7-25)21-38-18-16-24(17-19-38)20-39-23(2)36-33(32(39)40,26-8-12-28(34)13-9-26)27-10-14-29(35)15-11-27/h3-15,24H,16-21H2,1-2H3. The first-order chi connectivity index (χ1) is 19.8. The van der Waals surface area contributed by atoms with Crippen LogP contribution in [0.15, 0.2) is 88.4 Å². The van der Waals surface area contributed by atoms with Gasteiger partial charge in [0.2, 0.25) is 0 Å². The second-order valence-electron chi connectivity index (χ2n) is 11.0. The molecule has 0 N–H and O–H groups in total. The minimum absolute atomic E-state index is 0.191. The van der Waals surface area contributed by atoms with Crippen LogP contribution in [-0.4, -0.2) is 46.3 Å². The molecular formula is C33H32F2N4O2. The highest BCUT2D eigenvalue weighted by atomic mass is 19.1. The Balaban J connectivity index is 1.17. The van der Waals surface area contributed by atoms with Crippen molar-refractivity contribution in [3.05, 3.63) is 113 Å². The van der Waals surface area contributed by atoms with E-state index < -0.39 is 17.2 Å². The van der Waals surface area contributed by atoms with Crippen LogP contribution in [0.2, 0.25) is 0 Å². The van der Waals surface area contributed by atoms with Crippen LogP contribution in [0.5, 0.6) is 0 Å². The third-order valence-corrected chi connectivity index (χ3v) is 8.36. The second-order valence-corrected chi connectivity index (χ2v) is 11.0. The molecule has 1 aromatic heterocycles. The number of likely N-dealkylation sites (tertiary alicyclic amines) is 1. The Morgan fingerprint density at radius 1 is 0.878 bits per heavy atom. The van der Waals surface area contributed by atoms with Crippen molar-refractivity contribution in [3.63, 3.8) is 0 Å². The number of amides is 1. The summed E-state index contributed by atoms with van der Waals surface area (Å²) < 4.78 is 33.2. The number of piperidine rings is 1. The molecule has 3 aromatic carbocycles. The quantitative estimate of drug-likeness (QED) is 0.267. The fourth-order valence-corrected chi connectivity index (χ4v) is 6.04. The number of benzene rings is 3. The summed E-state index contributed by atoms with van der Waals surface area (Å²) in [6, 6.07) is 21.8. The van der Waals surface area contributed by atoms with E-state index in [4.69, 9.17) is 9.52 Å². The number of hydrogen-bond donors (Lipinski definition) is 0. The molecule has 1 saturated heterocycles. The van der Waals surface area contributed by atoms with E-state index >= 15 is 0 Å². The van der Waals surface area contributed by atoms with Crippen LogP contribution in [0.25, 0.3) is 11.3 Å². The average molecular weight is 555 g/mol. The van der Waals surface area contributed by atoms with Crippen LogP contribution in [-0.2, 0) is 16.9 Å². The van der Waals surface area contributed by atoms with E-state index in [1.807, 2.05) is 44.2 Å². The molecule has 3 heterocycles. The first kappa shape index (κ1) is 27.0. The van der Waals surface area contributed by atoms with Crippen molar-refractivity contribution in [3.8, 4) is 11.3 Å². The van der Waals surface area contributed by atoms with E-state index in [2.05, 4.69) is 10.1 Å². The lowest BCUT2D eigenvalue weighted by Gasteiger charge is -2.34. The summed E-state index contributed by atoms with van der Waals surface area (Å²) in [4.78, 5) is 23.2. The number of hydrogen-bond acceptors (Lipinski definition) is 5. The number of carbonyl (C=O) groups is 1. The number of rotatable bonds is 7. The number of carbonyl (C=O) groups excluding carboxylic acids is 1. The second kappa shape index (κ2) is 11.0. The zero-order valence-corrected chi connectivity index (χ0v) is 23.2. The lowest BCUT2D eigenvalue weighted by molar-refractivity contribution is -0.130. The predicted octanol–water partition coefficient (Wildman–Crippen LogP) is 6.34. The zero-order chi connectivity index (χ0) is 28.6. The lowest BCUT2D eigenvalue weighted by atomic mass is 9.82. The average Bonchev–Trinajstić information content (AvgIpc) is 3.47. The van der Waals surface area contributed by atoms with E-state index in [-0.39, 0.29) is 5.91 Å². The van der Waals surface area contributed by atoms with E-state index in [1.54, 1.807) is 29.2 Å². The van der Waals surface area contributed by atoms with Gasteiger partial charge in [0.05, 0.1) is 0 Å². The molecule has 6 nitrogen and oxygen atoms in total. The smallest absolute Gasteiger partial charge is 0.265 e. The molecule has 6 rings (SSSR count). The Labute approximate surface area is 238 Å². The number of nitrogens with zero attached hydrogens (tertiary/aromatic N) is 4. The topological polar surface area (TPSA) is 61.9 Å². The minimum atomic E-state index is -1.37. The van der Waals surface area contributed by atoms with Crippen molar-refractivity contribution in [2.45, 2.75) is 38.8 Å². The molecule has 2 aliphatic rings. The first-order valence-electron chi connectivity index (χ1n) is 14.0. The van der Waals surface area contributed by atoms with E-state index in [9.17, 15) is 13.6 Å². The maximum Gasteiger partial charge on any atom is 0.265 e. The summed E-state index contributed by atoms with van der Waals surface area (Å²) in [5, 5.41) is 4.32. The van der Waals surface area contributed by atoms with Gasteiger partial charge in [-0.1, -0.05) is 59.8 Å². The normalized spacial score (nSPS) is 17.7. The van der Waals surface area contributed by atoms with Crippen LogP contribution in [0.3, 0.4) is 0 Å². The Morgan fingerprint density at radius 2 is 1.46 bits per heavy atom. The van der Waals surface area contributed by atoms with Gasteiger partial charge in [0.25, 0.3) is 5.91 Å². The highest BCUT2D eigenvalue weighted by Crippen LogP contribution is 2.41. The van der Waals surface area contributed by atoms with Crippen molar-refractivity contribution in [2.24, 2.45) is 10.9 Å². The fourth-order valence-electron chi connectivity index (χ4n) is 6.04. The van der Waals surface area contributed by atoms with Gasteiger partial charge in [-0.25, -0.2) is 13.8 Å². The Morgan fingerprint density at radius 3 is 2.05 bits per heavy atom. The third kappa shape index (κ3) is 5.08. The largest absolute Gasteiger partial charge is 0.361 e. The van der Waals surface area contributed by atoms with Gasteiger partial charge in [-0.15, -0.1) is 0 Å². The van der Waals surface area contributed by atoms with Gasteiger partial charge >= 0.3 is 0 Å². The molecule has 1 amide bonds. The van der Waals surface area contributed by atoms with Gasteiger partial charge in [0, 0.05) is 24.2 Å². The van der Waals surface area contributed by atoms with E-state index in [0.717, 1.165) is 55.1 Å². The summed E-state index contributed by atoms with van der Waals surface area (Å²) in [7, 11) is 0. The Hall–Kier alpha value is -4.17. The van der Waals surface area contributed by atoms with Crippen molar-refractivity contribution in [1.82, 2.24) is 15.0 Å². The molecule has 0 saturated carbocycles. The molecular weight excluding hydrogens is 522 g/mol. The van der Waals surface area contributed by atoms with Crippen LogP contribution >= 0.6 is 0 Å². The minimum Gasteiger partial charge on any atom is -0.361 e. The van der Waals surface area contributed by atoms with Crippen molar-refractivity contribution in [1.29, 1.82) is 0 Å². The van der Waals surface area contributed by atoms with E-state index in [0.29, 0.717) is 29.4 Å². The molecule has 0 bridgehead atoms. The number of halogens is 2. The monoisotopic (exact) mass is 554 g/mol. The molecule has 2 aliphatic heterocycles. The van der Waals surface area contributed by atoms with Gasteiger partial charge in [-0.2, -0.15) is 0 Å². The molecule has 4 aromatic rings. The summed E-state index contributed by atoms with van der Waals surface area (Å²) in [6.45, 7) is 6.88. The van der Waals surface area contributed by atoms with Gasteiger partial charge in [0.1, 0.15) is 28.9 Å². The number of aryl methyl sites for hydroxylation is 1.